The van der Waals surface area contributed by atoms with Gasteiger partial charge in [-0.25, -0.2) is 4.98 Å². The molecule has 2 aliphatic heterocycles. The van der Waals surface area contributed by atoms with Crippen LogP contribution in [0.2, 0.25) is 5.02 Å². The number of carbonyl (C=O) groups is 2. The Morgan fingerprint density at radius 3 is 2.85 bits per heavy atom. The van der Waals surface area contributed by atoms with Crippen molar-refractivity contribution in [2.45, 2.75) is 26.3 Å². The minimum absolute atomic E-state index is 0.0110. The maximum Gasteiger partial charge on any atom is 0.228 e. The number of aromatic nitrogens is 2. The first kappa shape index (κ1) is 21.3. The zero-order valence-electron chi connectivity index (χ0n) is 18.5. The van der Waals surface area contributed by atoms with Gasteiger partial charge in [0.05, 0.1) is 27.7 Å². The van der Waals surface area contributed by atoms with Gasteiger partial charge < -0.3 is 14.3 Å². The summed E-state index contributed by atoms with van der Waals surface area (Å²) in [7, 11) is 0. The van der Waals surface area contributed by atoms with Gasteiger partial charge in [0, 0.05) is 41.3 Å². The molecule has 4 heterocycles. The highest BCUT2D eigenvalue weighted by Gasteiger charge is 2.39. The predicted molar refractivity (Wildman–Crippen MR) is 131 cm³/mol. The molecular formula is C25H21ClN4O3S. The molecule has 2 aromatic heterocycles. The first-order valence-corrected chi connectivity index (χ1v) is 12.4. The van der Waals surface area contributed by atoms with Crippen molar-refractivity contribution in [3.05, 3.63) is 63.8 Å². The van der Waals surface area contributed by atoms with E-state index in [9.17, 15) is 9.59 Å². The third-order valence-electron chi connectivity index (χ3n) is 6.52. The lowest BCUT2D eigenvalue weighted by atomic mass is 9.99. The Balaban J connectivity index is 1.17. The Kier molecular flexibility index (Phi) is 5.15. The van der Waals surface area contributed by atoms with Crippen LogP contribution in [0.3, 0.4) is 0 Å². The highest BCUT2D eigenvalue weighted by molar-refractivity contribution is 7.18. The van der Waals surface area contributed by atoms with Crippen LogP contribution in [0.4, 0.5) is 5.69 Å². The molecule has 0 bridgehead atoms. The molecule has 0 saturated carbocycles. The lowest BCUT2D eigenvalue weighted by Crippen LogP contribution is -2.40. The summed E-state index contributed by atoms with van der Waals surface area (Å²) in [6.07, 6.45) is 0.873. The third kappa shape index (κ3) is 3.67. The number of aryl methyl sites for hydroxylation is 1. The summed E-state index contributed by atoms with van der Waals surface area (Å²) in [4.78, 5) is 34.2. The number of nitrogens with zero attached hydrogens (tertiary/aromatic N) is 4. The molecule has 9 heteroatoms. The Labute approximate surface area is 204 Å². The molecule has 7 nitrogen and oxygen atoms in total. The molecule has 1 saturated heterocycles. The van der Waals surface area contributed by atoms with Crippen LogP contribution in [0.1, 0.15) is 22.7 Å². The van der Waals surface area contributed by atoms with Crippen LogP contribution in [0.15, 0.2) is 47.0 Å². The molecular weight excluding hydrogens is 472 g/mol. The molecule has 0 spiro atoms. The molecule has 0 N–H and O–H groups in total. The van der Waals surface area contributed by atoms with E-state index in [1.165, 1.54) is 0 Å². The predicted octanol–water partition coefficient (Wildman–Crippen LogP) is 4.85. The maximum atomic E-state index is 13.3. The van der Waals surface area contributed by atoms with E-state index in [-0.39, 0.29) is 24.2 Å². The average Bonchev–Trinajstić information content (AvgIpc) is 3.53. The van der Waals surface area contributed by atoms with Gasteiger partial charge in [-0.05, 0) is 55.8 Å². The van der Waals surface area contributed by atoms with Gasteiger partial charge in [-0.2, -0.15) is 0 Å². The molecule has 34 heavy (non-hydrogen) atoms. The van der Waals surface area contributed by atoms with Crippen molar-refractivity contribution in [2.75, 3.05) is 18.0 Å². The molecule has 0 radical (unpaired) electrons. The van der Waals surface area contributed by atoms with Crippen molar-refractivity contribution in [2.24, 2.45) is 5.92 Å². The number of thiazole rings is 1. The van der Waals surface area contributed by atoms with Crippen LogP contribution in [0, 0.1) is 12.8 Å². The minimum Gasteiger partial charge on any atom is -0.356 e. The summed E-state index contributed by atoms with van der Waals surface area (Å²) in [5.41, 5.74) is 4.40. The highest BCUT2D eigenvalue weighted by Crippen LogP contribution is 2.34. The van der Waals surface area contributed by atoms with E-state index in [0.717, 1.165) is 43.5 Å². The molecule has 2 aliphatic rings. The largest absolute Gasteiger partial charge is 0.356 e. The van der Waals surface area contributed by atoms with E-state index in [2.05, 4.69) is 10.1 Å². The Bertz CT molecular complexity index is 1430. The highest BCUT2D eigenvalue weighted by atomic mass is 35.5. The quantitative estimate of drug-likeness (QED) is 0.408. The SMILES string of the molecule is Cc1nc2cc(N3CC(C(=O)N4CCc5c(noc5-c5ccc(Cl)cc5)C4)CC3=O)ccc2s1. The first-order valence-electron chi connectivity index (χ1n) is 11.2. The van der Waals surface area contributed by atoms with E-state index in [1.807, 2.05) is 49.4 Å². The number of amides is 2. The van der Waals surface area contributed by atoms with Crippen LogP contribution in [0.5, 0.6) is 0 Å². The second-order valence-corrected chi connectivity index (χ2v) is 10.4. The number of rotatable bonds is 3. The molecule has 172 valence electrons. The van der Waals surface area contributed by atoms with Crippen molar-refractivity contribution >= 4 is 50.7 Å². The topological polar surface area (TPSA) is 79.5 Å². The molecule has 2 amide bonds. The number of hydrogen-bond donors (Lipinski definition) is 0. The number of hydrogen-bond acceptors (Lipinski definition) is 6. The molecule has 1 fully saturated rings. The van der Waals surface area contributed by atoms with E-state index < -0.39 is 0 Å². The lowest BCUT2D eigenvalue weighted by molar-refractivity contribution is -0.136. The number of halogens is 1. The van der Waals surface area contributed by atoms with Crippen molar-refractivity contribution in [1.29, 1.82) is 0 Å². The van der Waals surface area contributed by atoms with Crippen molar-refractivity contribution in [1.82, 2.24) is 15.0 Å². The van der Waals surface area contributed by atoms with Crippen LogP contribution < -0.4 is 4.90 Å². The van der Waals surface area contributed by atoms with Crippen molar-refractivity contribution in [3.63, 3.8) is 0 Å². The summed E-state index contributed by atoms with van der Waals surface area (Å²) < 4.78 is 6.72. The van der Waals surface area contributed by atoms with Crippen molar-refractivity contribution < 1.29 is 14.1 Å². The second-order valence-electron chi connectivity index (χ2n) is 8.74. The van der Waals surface area contributed by atoms with Gasteiger partial charge in [0.1, 0.15) is 5.69 Å². The summed E-state index contributed by atoms with van der Waals surface area (Å²) >= 11 is 7.63. The van der Waals surface area contributed by atoms with Crippen LogP contribution in [0.25, 0.3) is 21.5 Å². The fourth-order valence-electron chi connectivity index (χ4n) is 4.83. The molecule has 1 unspecified atom stereocenters. The van der Waals surface area contributed by atoms with Gasteiger partial charge in [0.15, 0.2) is 5.76 Å². The molecule has 4 aromatic rings. The van der Waals surface area contributed by atoms with Gasteiger partial charge >= 0.3 is 0 Å². The van der Waals surface area contributed by atoms with Gasteiger partial charge in [-0.1, -0.05) is 16.8 Å². The number of carbonyl (C=O) groups excluding carboxylic acids is 2. The summed E-state index contributed by atoms with van der Waals surface area (Å²) in [5, 5.41) is 5.89. The second kappa shape index (κ2) is 8.21. The van der Waals surface area contributed by atoms with Crippen LogP contribution >= 0.6 is 22.9 Å². The fourth-order valence-corrected chi connectivity index (χ4v) is 5.76. The van der Waals surface area contributed by atoms with E-state index in [4.69, 9.17) is 16.1 Å². The first-order chi connectivity index (χ1) is 16.5. The van der Waals surface area contributed by atoms with E-state index >= 15 is 0 Å². The van der Waals surface area contributed by atoms with Gasteiger partial charge in [-0.3, -0.25) is 9.59 Å². The lowest BCUT2D eigenvalue weighted by Gasteiger charge is -2.28. The summed E-state index contributed by atoms with van der Waals surface area (Å²) in [6, 6.07) is 13.3. The molecule has 1 atom stereocenters. The third-order valence-corrected chi connectivity index (χ3v) is 7.73. The standard InChI is InChI=1S/C25H21ClN4O3S/c1-14-27-20-11-18(6-7-22(20)34-14)30-12-16(10-23(30)31)25(32)29-9-8-19-21(13-29)28-33-24(19)15-2-4-17(26)5-3-15/h2-7,11,16H,8-10,12-13H2,1H3. The molecule has 6 rings (SSSR count). The van der Waals surface area contributed by atoms with E-state index in [0.29, 0.717) is 31.1 Å². The van der Waals surface area contributed by atoms with Gasteiger partial charge in [-0.15, -0.1) is 11.3 Å². The number of benzene rings is 2. The zero-order chi connectivity index (χ0) is 23.4. The Morgan fingerprint density at radius 1 is 1.21 bits per heavy atom. The fraction of sp³-hybridized carbons (Fsp3) is 0.280. The van der Waals surface area contributed by atoms with Gasteiger partial charge in [0.25, 0.3) is 0 Å². The van der Waals surface area contributed by atoms with Crippen LogP contribution in [-0.2, 0) is 22.6 Å². The number of fused-ring (bicyclic) bond motifs is 2. The molecule has 0 aliphatic carbocycles. The normalized spacial score (nSPS) is 18.1. The van der Waals surface area contributed by atoms with E-state index in [1.54, 1.807) is 21.1 Å². The smallest absolute Gasteiger partial charge is 0.228 e. The van der Waals surface area contributed by atoms with Gasteiger partial charge in [0.2, 0.25) is 11.8 Å². The number of anilines is 1. The zero-order valence-corrected chi connectivity index (χ0v) is 20.0. The monoisotopic (exact) mass is 492 g/mol. The summed E-state index contributed by atoms with van der Waals surface area (Å²) in [6.45, 7) is 3.31. The van der Waals surface area contributed by atoms with Crippen LogP contribution in [-0.4, -0.2) is 39.9 Å². The maximum absolute atomic E-state index is 13.3. The molecule has 2 aromatic carbocycles. The Morgan fingerprint density at radius 2 is 2.03 bits per heavy atom. The Hall–Kier alpha value is -3.23. The van der Waals surface area contributed by atoms with Crippen molar-refractivity contribution in [3.8, 4) is 11.3 Å². The minimum atomic E-state index is -0.371. The summed E-state index contributed by atoms with van der Waals surface area (Å²) in [5.74, 6) is 0.315. The average molecular weight is 493 g/mol.